The molecule has 1 aromatic carbocycles. The summed E-state index contributed by atoms with van der Waals surface area (Å²) in [5, 5.41) is 10.3. The van der Waals surface area contributed by atoms with Crippen LogP contribution in [-0.4, -0.2) is 34.2 Å². The Labute approximate surface area is 140 Å². The number of H-pyrrole nitrogens is 1. The van der Waals surface area contributed by atoms with E-state index in [9.17, 15) is 4.79 Å². The summed E-state index contributed by atoms with van der Waals surface area (Å²) in [5.41, 5.74) is 1.54. The number of benzene rings is 1. The van der Waals surface area contributed by atoms with Crippen LogP contribution < -0.4 is 10.2 Å². The van der Waals surface area contributed by atoms with Crippen molar-refractivity contribution in [1.29, 1.82) is 0 Å². The number of hydrogen-bond acceptors (Lipinski definition) is 4. The van der Waals surface area contributed by atoms with E-state index in [2.05, 4.69) is 25.4 Å². The molecule has 6 nitrogen and oxygen atoms in total. The van der Waals surface area contributed by atoms with Crippen molar-refractivity contribution in [2.24, 2.45) is 0 Å². The summed E-state index contributed by atoms with van der Waals surface area (Å²) in [6.07, 6.45) is 2.37. The number of rotatable bonds is 4. The molecule has 0 spiro atoms. The molecule has 2 aromatic rings. The first-order valence-corrected chi connectivity index (χ1v) is 8.16. The van der Waals surface area contributed by atoms with Gasteiger partial charge >= 0.3 is 0 Å². The van der Waals surface area contributed by atoms with E-state index >= 15 is 0 Å². The number of aromatic amines is 1. The summed E-state index contributed by atoms with van der Waals surface area (Å²) in [5.74, 6) is 1.10. The Hall–Kier alpha value is -2.08. The molecule has 122 valence electrons. The van der Waals surface area contributed by atoms with Gasteiger partial charge < -0.3 is 10.2 Å². The average molecular weight is 334 g/mol. The lowest BCUT2D eigenvalue weighted by Crippen LogP contribution is -2.27. The maximum Gasteiger partial charge on any atom is 0.251 e. The fraction of sp³-hybridized carbons (Fsp3) is 0.438. The number of amides is 1. The highest BCUT2D eigenvalue weighted by Crippen LogP contribution is 2.29. The normalized spacial score (nSPS) is 15.7. The monoisotopic (exact) mass is 333 g/mol. The minimum Gasteiger partial charge on any atom is -0.370 e. The number of nitrogens with zero attached hydrogens (tertiary/aromatic N) is 3. The molecule has 3 rings (SSSR count). The first kappa shape index (κ1) is 15.8. The van der Waals surface area contributed by atoms with Gasteiger partial charge in [-0.3, -0.25) is 9.89 Å². The third kappa shape index (κ3) is 3.47. The zero-order chi connectivity index (χ0) is 16.4. The average Bonchev–Trinajstić information content (AvgIpc) is 3.18. The molecule has 0 unspecified atom stereocenters. The van der Waals surface area contributed by atoms with E-state index in [4.69, 9.17) is 11.6 Å². The summed E-state index contributed by atoms with van der Waals surface area (Å²) in [4.78, 5) is 18.9. The minimum absolute atomic E-state index is 0.185. The molecule has 1 fully saturated rings. The van der Waals surface area contributed by atoms with Crippen molar-refractivity contribution in [2.45, 2.75) is 32.7 Å². The van der Waals surface area contributed by atoms with Crippen LogP contribution in [0.3, 0.4) is 0 Å². The number of aryl methyl sites for hydroxylation is 1. The van der Waals surface area contributed by atoms with E-state index in [0.717, 1.165) is 24.6 Å². The van der Waals surface area contributed by atoms with Crippen LogP contribution in [-0.2, 0) is 0 Å². The first-order valence-electron chi connectivity index (χ1n) is 7.79. The predicted molar refractivity (Wildman–Crippen MR) is 89.9 cm³/mol. The Balaban J connectivity index is 1.71. The maximum absolute atomic E-state index is 12.4. The smallest absolute Gasteiger partial charge is 0.251 e. The molecule has 2 heterocycles. The van der Waals surface area contributed by atoms with Gasteiger partial charge in [0.15, 0.2) is 5.82 Å². The molecule has 1 atom stereocenters. The highest BCUT2D eigenvalue weighted by molar-refractivity contribution is 6.33. The van der Waals surface area contributed by atoms with Gasteiger partial charge in [0, 0.05) is 18.7 Å². The molecular weight excluding hydrogens is 314 g/mol. The molecule has 0 saturated carbocycles. The Kier molecular flexibility index (Phi) is 4.52. The lowest BCUT2D eigenvalue weighted by Gasteiger charge is -2.19. The van der Waals surface area contributed by atoms with Gasteiger partial charge in [-0.15, -0.1) is 0 Å². The number of nitrogens with one attached hydrogen (secondary N) is 2. The van der Waals surface area contributed by atoms with E-state index in [0.29, 0.717) is 16.4 Å². The molecular formula is C16H20ClN5O. The second kappa shape index (κ2) is 6.58. The third-order valence-electron chi connectivity index (χ3n) is 4.01. The second-order valence-corrected chi connectivity index (χ2v) is 6.24. The highest BCUT2D eigenvalue weighted by Gasteiger charge is 2.18. The number of halogens is 1. The molecule has 23 heavy (non-hydrogen) atoms. The van der Waals surface area contributed by atoms with Gasteiger partial charge in [0.25, 0.3) is 5.91 Å². The maximum atomic E-state index is 12.4. The summed E-state index contributed by atoms with van der Waals surface area (Å²) in [6, 6.07) is 5.18. The summed E-state index contributed by atoms with van der Waals surface area (Å²) in [7, 11) is 0. The second-order valence-electron chi connectivity index (χ2n) is 5.83. The molecule has 1 aliphatic heterocycles. The Morgan fingerprint density at radius 2 is 2.13 bits per heavy atom. The van der Waals surface area contributed by atoms with Gasteiger partial charge in [0.05, 0.1) is 16.8 Å². The van der Waals surface area contributed by atoms with Crippen molar-refractivity contribution < 1.29 is 4.79 Å². The number of carbonyl (C=O) groups excluding carboxylic acids is 1. The van der Waals surface area contributed by atoms with Crippen LogP contribution in [0.25, 0.3) is 0 Å². The van der Waals surface area contributed by atoms with Gasteiger partial charge in [-0.05, 0) is 44.9 Å². The standard InChI is InChI=1S/C16H20ClN5O/c1-10(15-19-11(2)20-21-15)18-16(23)12-5-6-14(13(17)9-12)22-7-3-4-8-22/h5-6,9-10H,3-4,7-8H2,1-2H3,(H,18,23)(H,19,20,21)/t10-/m1/s1. The van der Waals surface area contributed by atoms with Crippen molar-refractivity contribution in [3.8, 4) is 0 Å². The lowest BCUT2D eigenvalue weighted by molar-refractivity contribution is 0.0938. The van der Waals surface area contributed by atoms with Crippen molar-refractivity contribution in [1.82, 2.24) is 20.5 Å². The van der Waals surface area contributed by atoms with E-state index in [1.54, 1.807) is 6.07 Å². The third-order valence-corrected chi connectivity index (χ3v) is 4.31. The number of anilines is 1. The molecule has 7 heteroatoms. The van der Waals surface area contributed by atoms with Gasteiger partial charge in [-0.2, -0.15) is 5.10 Å². The Morgan fingerprint density at radius 1 is 1.39 bits per heavy atom. The van der Waals surface area contributed by atoms with E-state index in [-0.39, 0.29) is 11.9 Å². The number of aromatic nitrogens is 3. The van der Waals surface area contributed by atoms with Crippen LogP contribution in [0, 0.1) is 6.92 Å². The van der Waals surface area contributed by atoms with Crippen LogP contribution in [0.1, 0.15) is 47.8 Å². The van der Waals surface area contributed by atoms with Gasteiger partial charge in [0.1, 0.15) is 5.82 Å². The van der Waals surface area contributed by atoms with Crippen LogP contribution in [0.15, 0.2) is 18.2 Å². The van der Waals surface area contributed by atoms with E-state index < -0.39 is 0 Å². The number of hydrogen-bond donors (Lipinski definition) is 2. The van der Waals surface area contributed by atoms with Gasteiger partial charge in [-0.25, -0.2) is 4.98 Å². The minimum atomic E-state index is -0.274. The fourth-order valence-corrected chi connectivity index (χ4v) is 3.06. The topological polar surface area (TPSA) is 73.9 Å². The predicted octanol–water partition coefficient (Wildman–Crippen LogP) is 2.86. The molecule has 1 aliphatic rings. The van der Waals surface area contributed by atoms with Gasteiger partial charge in [0.2, 0.25) is 0 Å². The Morgan fingerprint density at radius 3 is 2.74 bits per heavy atom. The van der Waals surface area contributed by atoms with E-state index in [1.165, 1.54) is 12.8 Å². The van der Waals surface area contributed by atoms with Crippen molar-refractivity contribution in [2.75, 3.05) is 18.0 Å². The van der Waals surface area contributed by atoms with Crippen molar-refractivity contribution in [3.63, 3.8) is 0 Å². The molecule has 1 amide bonds. The molecule has 1 aromatic heterocycles. The summed E-state index contributed by atoms with van der Waals surface area (Å²) < 4.78 is 0. The molecule has 2 N–H and O–H groups in total. The molecule has 0 bridgehead atoms. The SMILES string of the molecule is Cc1nc([C@@H](C)NC(=O)c2ccc(N3CCCC3)c(Cl)c2)n[nH]1. The lowest BCUT2D eigenvalue weighted by atomic mass is 10.1. The largest absolute Gasteiger partial charge is 0.370 e. The van der Waals surface area contributed by atoms with Crippen molar-refractivity contribution >= 4 is 23.2 Å². The Bertz CT molecular complexity index is 708. The highest BCUT2D eigenvalue weighted by atomic mass is 35.5. The molecule has 1 saturated heterocycles. The fourth-order valence-electron chi connectivity index (χ4n) is 2.76. The van der Waals surface area contributed by atoms with Gasteiger partial charge in [-0.1, -0.05) is 11.6 Å². The first-order chi connectivity index (χ1) is 11.0. The molecule has 0 aliphatic carbocycles. The van der Waals surface area contributed by atoms with Crippen molar-refractivity contribution in [3.05, 3.63) is 40.4 Å². The summed E-state index contributed by atoms with van der Waals surface area (Å²) in [6.45, 7) is 5.71. The van der Waals surface area contributed by atoms with Crippen LogP contribution >= 0.6 is 11.6 Å². The molecule has 0 radical (unpaired) electrons. The van der Waals surface area contributed by atoms with Crippen LogP contribution in [0.2, 0.25) is 5.02 Å². The zero-order valence-corrected chi connectivity index (χ0v) is 14.0. The zero-order valence-electron chi connectivity index (χ0n) is 13.3. The van der Waals surface area contributed by atoms with E-state index in [1.807, 2.05) is 26.0 Å². The van der Waals surface area contributed by atoms with Crippen LogP contribution in [0.5, 0.6) is 0 Å². The van der Waals surface area contributed by atoms with Crippen LogP contribution in [0.4, 0.5) is 5.69 Å². The summed E-state index contributed by atoms with van der Waals surface area (Å²) >= 11 is 6.36. The number of carbonyl (C=O) groups is 1. The quantitative estimate of drug-likeness (QED) is 0.902.